The van der Waals surface area contributed by atoms with E-state index in [1.54, 1.807) is 7.11 Å². The van der Waals surface area contributed by atoms with E-state index in [1.165, 1.54) is 5.56 Å². The first-order valence-electron chi connectivity index (χ1n) is 11.0. The second-order valence-corrected chi connectivity index (χ2v) is 8.43. The maximum Gasteiger partial charge on any atom is 0.222 e. The second-order valence-electron chi connectivity index (χ2n) is 8.43. The number of rotatable bonds is 11. The summed E-state index contributed by atoms with van der Waals surface area (Å²) >= 11 is 0. The molecule has 170 valence electrons. The predicted molar refractivity (Wildman–Crippen MR) is 125 cm³/mol. The van der Waals surface area contributed by atoms with Crippen LogP contribution in [0.3, 0.4) is 0 Å². The summed E-state index contributed by atoms with van der Waals surface area (Å²) in [5.74, 6) is 1.76. The molecule has 31 heavy (non-hydrogen) atoms. The number of nitrogens with one attached hydrogen (secondary N) is 2. The molecular formula is C23H36N6O2. The maximum atomic E-state index is 9.71. The minimum Gasteiger partial charge on any atom is -0.496 e. The number of nitrogens with two attached hydrogens (primary N) is 1. The molecule has 1 atom stereocenters. The van der Waals surface area contributed by atoms with Gasteiger partial charge in [0.15, 0.2) is 0 Å². The van der Waals surface area contributed by atoms with Crippen molar-refractivity contribution in [1.82, 2.24) is 20.2 Å². The third kappa shape index (κ3) is 6.06. The van der Waals surface area contributed by atoms with Crippen LogP contribution in [0.2, 0.25) is 0 Å². The monoisotopic (exact) mass is 428 g/mol. The molecule has 0 aliphatic carbocycles. The average Bonchev–Trinajstić information content (AvgIpc) is 2.72. The number of nitrogen functional groups attached to an aromatic ring is 1. The van der Waals surface area contributed by atoms with Gasteiger partial charge < -0.3 is 31.1 Å². The molecule has 1 unspecified atom stereocenters. The summed E-state index contributed by atoms with van der Waals surface area (Å²) in [5, 5.41) is 16.7. The lowest BCUT2D eigenvalue weighted by Gasteiger charge is -2.36. The van der Waals surface area contributed by atoms with Gasteiger partial charge in [-0.2, -0.15) is 4.98 Å². The van der Waals surface area contributed by atoms with Gasteiger partial charge in [-0.15, -0.1) is 0 Å². The molecular weight excluding hydrogens is 392 g/mol. The molecule has 1 aliphatic heterocycles. The Bertz CT molecular complexity index is 869. The normalized spacial score (nSPS) is 15.5. The Kier molecular flexibility index (Phi) is 8.06. The lowest BCUT2D eigenvalue weighted by molar-refractivity contribution is 0.161. The molecule has 5 N–H and O–H groups in total. The number of methoxy groups -OCH3 is 1. The number of hydrogen-bond donors (Lipinski definition) is 4. The molecule has 2 aromatic rings. The first-order chi connectivity index (χ1) is 14.9. The average molecular weight is 429 g/mol. The Morgan fingerprint density at radius 1 is 1.32 bits per heavy atom. The van der Waals surface area contributed by atoms with Gasteiger partial charge in [-0.05, 0) is 37.6 Å². The number of aliphatic hydroxyl groups excluding tert-OH is 1. The standard InChI is InChI=1S/C23H36N6O2/c1-5-6-18(14-30)27-22-20(15(2)26-23(24)28-22)10-17-8-7-16(9-21(17)31-4)11-25-19-12-29(3)13-19/h7-9,18-19,25,30H,5-6,10-14H2,1-4H3,(H3,24,26,27,28). The highest BCUT2D eigenvalue weighted by Crippen LogP contribution is 2.28. The van der Waals surface area contributed by atoms with Gasteiger partial charge in [0.05, 0.1) is 19.8 Å². The predicted octanol–water partition coefficient (Wildman–Crippen LogP) is 1.94. The van der Waals surface area contributed by atoms with Crippen molar-refractivity contribution in [2.45, 2.75) is 51.7 Å². The maximum absolute atomic E-state index is 9.71. The van der Waals surface area contributed by atoms with Crippen LogP contribution in [-0.4, -0.2) is 65.9 Å². The van der Waals surface area contributed by atoms with E-state index in [0.717, 1.165) is 55.0 Å². The van der Waals surface area contributed by atoms with Gasteiger partial charge in [-0.1, -0.05) is 25.5 Å². The fourth-order valence-corrected chi connectivity index (χ4v) is 4.03. The minimum atomic E-state index is -0.0710. The molecule has 1 aliphatic rings. The largest absolute Gasteiger partial charge is 0.496 e. The summed E-state index contributed by atoms with van der Waals surface area (Å²) in [5.41, 5.74) is 9.96. The van der Waals surface area contributed by atoms with Gasteiger partial charge in [-0.25, -0.2) is 4.98 Å². The highest BCUT2D eigenvalue weighted by atomic mass is 16.5. The quantitative estimate of drug-likeness (QED) is 0.430. The molecule has 0 bridgehead atoms. The molecule has 0 spiro atoms. The van der Waals surface area contributed by atoms with E-state index in [0.29, 0.717) is 18.3 Å². The molecule has 0 amide bonds. The topological polar surface area (TPSA) is 109 Å². The van der Waals surface area contributed by atoms with Crippen molar-refractivity contribution in [3.05, 3.63) is 40.6 Å². The summed E-state index contributed by atoms with van der Waals surface area (Å²) in [7, 11) is 3.83. The summed E-state index contributed by atoms with van der Waals surface area (Å²) in [6.07, 6.45) is 2.43. The Hall–Kier alpha value is -2.42. The molecule has 8 nitrogen and oxygen atoms in total. The van der Waals surface area contributed by atoms with Crippen molar-refractivity contribution in [3.8, 4) is 5.75 Å². The lowest BCUT2D eigenvalue weighted by Crippen LogP contribution is -2.55. The summed E-state index contributed by atoms with van der Waals surface area (Å²) in [6, 6.07) is 6.83. The van der Waals surface area contributed by atoms with Crippen molar-refractivity contribution in [1.29, 1.82) is 0 Å². The minimum absolute atomic E-state index is 0.0397. The molecule has 1 aromatic heterocycles. The molecule has 3 rings (SSSR count). The number of benzene rings is 1. The van der Waals surface area contributed by atoms with Crippen LogP contribution in [0, 0.1) is 6.92 Å². The zero-order chi connectivity index (χ0) is 22.4. The number of likely N-dealkylation sites (tertiary alicyclic amines) is 1. The molecule has 1 fully saturated rings. The number of anilines is 2. The zero-order valence-electron chi connectivity index (χ0n) is 19.1. The van der Waals surface area contributed by atoms with Crippen LogP contribution in [0.4, 0.5) is 11.8 Å². The van der Waals surface area contributed by atoms with Crippen LogP contribution in [0.15, 0.2) is 18.2 Å². The van der Waals surface area contributed by atoms with Crippen LogP contribution in [0.5, 0.6) is 5.75 Å². The molecule has 0 saturated carbocycles. The van der Waals surface area contributed by atoms with E-state index in [-0.39, 0.29) is 18.6 Å². The van der Waals surface area contributed by atoms with E-state index in [2.05, 4.69) is 57.7 Å². The Labute approximate surface area is 185 Å². The third-order valence-corrected chi connectivity index (χ3v) is 5.81. The highest BCUT2D eigenvalue weighted by molar-refractivity contribution is 5.53. The lowest BCUT2D eigenvalue weighted by atomic mass is 10.0. The van der Waals surface area contributed by atoms with E-state index in [1.807, 2.05) is 6.92 Å². The number of ether oxygens (including phenoxy) is 1. The SMILES string of the molecule is CCCC(CO)Nc1nc(N)nc(C)c1Cc1ccc(CNC2CN(C)C2)cc1OC. The number of aromatic nitrogens is 2. The molecule has 1 saturated heterocycles. The Balaban J connectivity index is 1.79. The van der Waals surface area contributed by atoms with Crippen molar-refractivity contribution in [2.75, 3.05) is 44.9 Å². The second kappa shape index (κ2) is 10.7. The molecule has 1 aromatic carbocycles. The van der Waals surface area contributed by atoms with Crippen LogP contribution in [-0.2, 0) is 13.0 Å². The summed E-state index contributed by atoms with van der Waals surface area (Å²) < 4.78 is 5.70. The van der Waals surface area contributed by atoms with Crippen LogP contribution >= 0.6 is 0 Å². The fraction of sp³-hybridized carbons (Fsp3) is 0.565. The molecule has 0 radical (unpaired) electrons. The van der Waals surface area contributed by atoms with Crippen molar-refractivity contribution in [2.24, 2.45) is 0 Å². The van der Waals surface area contributed by atoms with Gasteiger partial charge in [0.1, 0.15) is 11.6 Å². The number of aryl methyl sites for hydroxylation is 1. The molecule has 8 heteroatoms. The van der Waals surface area contributed by atoms with E-state index in [9.17, 15) is 5.11 Å². The number of aliphatic hydroxyl groups is 1. The first kappa shape index (κ1) is 23.2. The number of nitrogens with zero attached hydrogens (tertiary/aromatic N) is 3. The van der Waals surface area contributed by atoms with Gasteiger partial charge in [0, 0.05) is 43.4 Å². The Morgan fingerprint density at radius 3 is 2.74 bits per heavy atom. The van der Waals surface area contributed by atoms with Crippen molar-refractivity contribution >= 4 is 11.8 Å². The fourth-order valence-electron chi connectivity index (χ4n) is 4.03. The number of likely N-dealkylation sites (N-methyl/N-ethyl adjacent to an activating group) is 1. The van der Waals surface area contributed by atoms with E-state index >= 15 is 0 Å². The highest BCUT2D eigenvalue weighted by Gasteiger charge is 2.22. The van der Waals surface area contributed by atoms with Crippen molar-refractivity contribution in [3.63, 3.8) is 0 Å². The van der Waals surface area contributed by atoms with Crippen LogP contribution in [0.1, 0.15) is 42.1 Å². The summed E-state index contributed by atoms with van der Waals surface area (Å²) in [4.78, 5) is 11.1. The first-order valence-corrected chi connectivity index (χ1v) is 11.0. The Morgan fingerprint density at radius 2 is 2.10 bits per heavy atom. The molecule has 2 heterocycles. The smallest absolute Gasteiger partial charge is 0.222 e. The number of hydrogen-bond acceptors (Lipinski definition) is 8. The van der Waals surface area contributed by atoms with E-state index in [4.69, 9.17) is 10.5 Å². The van der Waals surface area contributed by atoms with Gasteiger partial charge in [0.2, 0.25) is 5.95 Å². The summed E-state index contributed by atoms with van der Waals surface area (Å²) in [6.45, 7) is 7.07. The van der Waals surface area contributed by atoms with Crippen molar-refractivity contribution < 1.29 is 9.84 Å². The van der Waals surface area contributed by atoms with Crippen LogP contribution < -0.4 is 21.1 Å². The van der Waals surface area contributed by atoms with Gasteiger partial charge in [-0.3, -0.25) is 0 Å². The van der Waals surface area contributed by atoms with E-state index < -0.39 is 0 Å². The van der Waals surface area contributed by atoms with Crippen LogP contribution in [0.25, 0.3) is 0 Å². The zero-order valence-corrected chi connectivity index (χ0v) is 19.1. The van der Waals surface area contributed by atoms with Gasteiger partial charge in [0.25, 0.3) is 0 Å². The van der Waals surface area contributed by atoms with Gasteiger partial charge >= 0.3 is 0 Å². The third-order valence-electron chi connectivity index (χ3n) is 5.81.